The molecule has 3 heterocycles. The first-order valence-electron chi connectivity index (χ1n) is 13.2. The number of amides is 1. The van der Waals surface area contributed by atoms with Gasteiger partial charge in [-0.05, 0) is 56.1 Å². The van der Waals surface area contributed by atoms with Crippen molar-refractivity contribution in [2.75, 3.05) is 25.5 Å². The Labute approximate surface area is 211 Å². The van der Waals surface area contributed by atoms with Crippen molar-refractivity contribution >= 4 is 23.0 Å². The Hall–Kier alpha value is -2.86. The average Bonchev–Trinajstić information content (AvgIpc) is 3.24. The summed E-state index contributed by atoms with van der Waals surface area (Å²) < 4.78 is 6.58. The number of aromatic nitrogens is 1. The van der Waals surface area contributed by atoms with Crippen molar-refractivity contribution < 1.29 is 9.21 Å². The van der Waals surface area contributed by atoms with Crippen molar-refractivity contribution in [3.63, 3.8) is 0 Å². The van der Waals surface area contributed by atoms with Crippen LogP contribution in [-0.2, 0) is 11.3 Å². The van der Waals surface area contributed by atoms with E-state index in [1.807, 2.05) is 12.1 Å². The molecule has 3 rings (SSSR count). The van der Waals surface area contributed by atoms with Gasteiger partial charge < -0.3 is 14.6 Å². The minimum atomic E-state index is -0.134. The number of carbonyl (C=O) groups is 1. The van der Waals surface area contributed by atoms with Crippen molar-refractivity contribution in [1.82, 2.24) is 14.8 Å². The van der Waals surface area contributed by atoms with Crippen molar-refractivity contribution in [2.45, 2.75) is 79.2 Å². The fraction of sp³-hybridized carbons (Fsp3) is 0.517. The number of allylic oxidation sites excluding steroid dienone is 1. The fourth-order valence-electron chi connectivity index (χ4n) is 4.47. The van der Waals surface area contributed by atoms with E-state index in [1.165, 1.54) is 44.7 Å². The van der Waals surface area contributed by atoms with Crippen LogP contribution in [-0.4, -0.2) is 40.8 Å². The fourth-order valence-corrected chi connectivity index (χ4v) is 4.47. The largest absolute Gasteiger partial charge is 0.459 e. The molecule has 0 radical (unpaired) electrons. The highest BCUT2D eigenvalue weighted by molar-refractivity contribution is 5.91. The summed E-state index contributed by atoms with van der Waals surface area (Å²) in [5, 5.41) is 2.79. The second-order valence-corrected chi connectivity index (χ2v) is 9.43. The van der Waals surface area contributed by atoms with Crippen LogP contribution in [0.1, 0.15) is 95.3 Å². The molecule has 0 aliphatic carbocycles. The third-order valence-electron chi connectivity index (χ3n) is 6.29. The van der Waals surface area contributed by atoms with Crippen molar-refractivity contribution in [3.8, 4) is 0 Å². The first kappa shape index (κ1) is 26.7. The maximum atomic E-state index is 11.6. The summed E-state index contributed by atoms with van der Waals surface area (Å²) in [6.07, 6.45) is 14.4. The summed E-state index contributed by atoms with van der Waals surface area (Å²) in [4.78, 5) is 20.6. The van der Waals surface area contributed by atoms with Gasteiger partial charge in [0.1, 0.15) is 17.3 Å². The molecule has 0 saturated heterocycles. The lowest BCUT2D eigenvalue weighted by atomic mass is 9.96. The van der Waals surface area contributed by atoms with Gasteiger partial charge in [-0.25, -0.2) is 4.98 Å². The summed E-state index contributed by atoms with van der Waals surface area (Å²) in [6, 6.07) is 6.11. The van der Waals surface area contributed by atoms with Gasteiger partial charge >= 0.3 is 0 Å². The van der Waals surface area contributed by atoms with Crippen LogP contribution in [0.4, 0.5) is 5.82 Å². The summed E-state index contributed by atoms with van der Waals surface area (Å²) in [7, 11) is 2.09. The van der Waals surface area contributed by atoms with Gasteiger partial charge in [-0.15, -0.1) is 0 Å². The van der Waals surface area contributed by atoms with E-state index < -0.39 is 0 Å². The Balaban J connectivity index is 1.97. The van der Waals surface area contributed by atoms with E-state index in [-0.39, 0.29) is 5.91 Å². The average molecular weight is 479 g/mol. The van der Waals surface area contributed by atoms with Crippen LogP contribution in [0.3, 0.4) is 0 Å². The maximum absolute atomic E-state index is 11.6. The predicted molar refractivity (Wildman–Crippen MR) is 145 cm³/mol. The summed E-state index contributed by atoms with van der Waals surface area (Å²) in [6.45, 7) is 11.2. The van der Waals surface area contributed by atoms with Gasteiger partial charge in [0, 0.05) is 43.2 Å². The number of nitrogens with zero attached hydrogens (tertiary/aromatic N) is 3. The summed E-state index contributed by atoms with van der Waals surface area (Å²) >= 11 is 0. The van der Waals surface area contributed by atoms with E-state index in [9.17, 15) is 4.79 Å². The highest BCUT2D eigenvalue weighted by Gasteiger charge is 2.27. The van der Waals surface area contributed by atoms with Crippen LogP contribution in [0.5, 0.6) is 0 Å². The lowest BCUT2D eigenvalue weighted by molar-refractivity contribution is -0.114. The Bertz CT molecular complexity index is 1040. The number of rotatable bonds is 13. The number of unbranched alkanes of at least 4 members (excludes halogenated alkanes) is 4. The minimum Gasteiger partial charge on any atom is -0.459 e. The SMILES string of the molecule is CCC/C=C1/c2cc(CN(CCCC)CCCCC)oc2C(c2ccnc(NC(C)=O)c2)=CN1C. The predicted octanol–water partition coefficient (Wildman–Crippen LogP) is 6.90. The number of fused-ring (bicyclic) bond motifs is 1. The molecule has 2 aromatic heterocycles. The van der Waals surface area contributed by atoms with Crippen LogP contribution >= 0.6 is 0 Å². The lowest BCUT2D eigenvalue weighted by Crippen LogP contribution is -2.25. The molecule has 0 bridgehead atoms. The third kappa shape index (κ3) is 7.31. The van der Waals surface area contributed by atoms with Crippen LogP contribution in [0.15, 0.2) is 41.1 Å². The van der Waals surface area contributed by atoms with Crippen LogP contribution < -0.4 is 5.32 Å². The summed E-state index contributed by atoms with van der Waals surface area (Å²) in [5.41, 5.74) is 4.29. The number of hydrogen-bond donors (Lipinski definition) is 1. The van der Waals surface area contributed by atoms with Gasteiger partial charge in [0.2, 0.25) is 5.91 Å². The monoisotopic (exact) mass is 478 g/mol. The zero-order valence-corrected chi connectivity index (χ0v) is 22.2. The third-order valence-corrected chi connectivity index (χ3v) is 6.29. The molecule has 1 aliphatic rings. The van der Waals surface area contributed by atoms with Crippen molar-refractivity contribution in [2.24, 2.45) is 0 Å². The van der Waals surface area contributed by atoms with Crippen LogP contribution in [0.25, 0.3) is 11.3 Å². The Morgan fingerprint density at radius 1 is 1.11 bits per heavy atom. The highest BCUT2D eigenvalue weighted by Crippen LogP contribution is 2.39. The van der Waals surface area contributed by atoms with Gasteiger partial charge in [-0.1, -0.05) is 52.5 Å². The number of nitrogens with one attached hydrogen (secondary N) is 1. The molecular formula is C29H42N4O2. The standard InChI is InChI=1S/C29H42N4O2/c1-6-9-12-17-33(16-11-8-3)20-24-19-25-27(13-10-7-2)32(5)21-26(29(25)35-24)23-14-15-30-28(18-23)31-22(4)34/h13-15,18-19,21H,6-12,16-17,20H2,1-5H3,(H,30,31,34)/b27-13-. The van der Waals surface area contributed by atoms with E-state index in [4.69, 9.17) is 4.42 Å². The zero-order chi connectivity index (χ0) is 25.2. The quantitative estimate of drug-likeness (QED) is 0.317. The van der Waals surface area contributed by atoms with E-state index >= 15 is 0 Å². The summed E-state index contributed by atoms with van der Waals surface area (Å²) in [5.74, 6) is 2.30. The van der Waals surface area contributed by atoms with E-state index in [2.05, 4.69) is 66.3 Å². The van der Waals surface area contributed by atoms with E-state index in [0.29, 0.717) is 5.82 Å². The molecule has 2 aromatic rings. The molecule has 1 amide bonds. The molecule has 0 atom stereocenters. The maximum Gasteiger partial charge on any atom is 0.222 e. The smallest absolute Gasteiger partial charge is 0.222 e. The van der Waals surface area contributed by atoms with E-state index in [1.54, 1.807) is 6.20 Å². The topological polar surface area (TPSA) is 61.6 Å². The van der Waals surface area contributed by atoms with E-state index in [0.717, 1.165) is 60.7 Å². The Kier molecular flexibility index (Phi) is 10.2. The molecule has 0 spiro atoms. The second-order valence-electron chi connectivity index (χ2n) is 9.43. The zero-order valence-electron chi connectivity index (χ0n) is 22.2. The highest BCUT2D eigenvalue weighted by atomic mass is 16.3. The number of furan rings is 1. The van der Waals surface area contributed by atoms with Crippen LogP contribution in [0.2, 0.25) is 0 Å². The molecule has 0 fully saturated rings. The minimum absolute atomic E-state index is 0.134. The number of hydrogen-bond acceptors (Lipinski definition) is 5. The molecular weight excluding hydrogens is 436 g/mol. The first-order chi connectivity index (χ1) is 17.0. The molecule has 1 aliphatic heterocycles. The molecule has 6 nitrogen and oxygen atoms in total. The Morgan fingerprint density at radius 2 is 1.89 bits per heavy atom. The van der Waals surface area contributed by atoms with Gasteiger partial charge in [0.25, 0.3) is 0 Å². The lowest BCUT2D eigenvalue weighted by Gasteiger charge is -2.25. The van der Waals surface area contributed by atoms with Gasteiger partial charge in [0.05, 0.1) is 6.54 Å². The molecule has 1 N–H and O–H groups in total. The molecule has 35 heavy (non-hydrogen) atoms. The van der Waals surface area contributed by atoms with Gasteiger partial charge in [0.15, 0.2) is 0 Å². The molecule has 0 unspecified atom stereocenters. The van der Waals surface area contributed by atoms with Gasteiger partial charge in [-0.2, -0.15) is 0 Å². The number of pyridine rings is 1. The second kappa shape index (κ2) is 13.3. The van der Waals surface area contributed by atoms with Crippen molar-refractivity contribution in [3.05, 3.63) is 59.3 Å². The van der Waals surface area contributed by atoms with Crippen LogP contribution in [0, 0.1) is 0 Å². The van der Waals surface area contributed by atoms with Crippen molar-refractivity contribution in [1.29, 1.82) is 0 Å². The number of carbonyl (C=O) groups excluding carboxylic acids is 1. The van der Waals surface area contributed by atoms with Gasteiger partial charge in [-0.3, -0.25) is 9.69 Å². The Morgan fingerprint density at radius 3 is 2.60 bits per heavy atom. The normalized spacial score (nSPS) is 14.4. The molecule has 190 valence electrons. The molecule has 0 aromatic carbocycles. The molecule has 0 saturated carbocycles. The molecule has 6 heteroatoms. The first-order valence-corrected chi connectivity index (χ1v) is 13.2. The number of anilines is 1.